The molecule has 0 aromatic rings. The topological polar surface area (TPSA) is 24.4 Å². The third-order valence-electron chi connectivity index (χ3n) is 4.43. The summed E-state index contributed by atoms with van der Waals surface area (Å²) in [5.41, 5.74) is 0.418. The molecule has 1 saturated carbocycles. The first-order valence-corrected chi connectivity index (χ1v) is 9.25. The number of thioether (sulfide) groups is 1. The molecular weight excluding hydrogens is 264 g/mol. The smallest absolute Gasteiger partial charge is 0.156 e. The van der Waals surface area contributed by atoms with E-state index in [9.17, 15) is 0 Å². The highest BCUT2D eigenvalue weighted by Crippen LogP contribution is 2.32. The Hall–Kier alpha value is -0.180. The van der Waals surface area contributed by atoms with Gasteiger partial charge in [-0.25, -0.2) is 0 Å². The predicted octanol–water partition coefficient (Wildman–Crippen LogP) is 4.70. The van der Waals surface area contributed by atoms with Crippen LogP contribution >= 0.6 is 11.8 Å². The fraction of sp³-hybridized carbons (Fsp3) is 0.941. The van der Waals surface area contributed by atoms with Crippen LogP contribution in [0.5, 0.6) is 0 Å². The molecule has 0 radical (unpaired) electrons. The van der Waals surface area contributed by atoms with Gasteiger partial charge in [0.25, 0.3) is 0 Å². The van der Waals surface area contributed by atoms with Crippen LogP contribution in [-0.4, -0.2) is 23.5 Å². The quantitative estimate of drug-likeness (QED) is 0.813. The average Bonchev–Trinajstić information content (AvgIpc) is 2.74. The summed E-state index contributed by atoms with van der Waals surface area (Å²) in [4.78, 5) is 4.67. The van der Waals surface area contributed by atoms with E-state index in [-0.39, 0.29) is 0 Å². The van der Waals surface area contributed by atoms with Crippen molar-refractivity contribution in [2.75, 3.05) is 13.1 Å². The van der Waals surface area contributed by atoms with Crippen LogP contribution in [0.3, 0.4) is 0 Å². The van der Waals surface area contributed by atoms with E-state index in [0.29, 0.717) is 10.7 Å². The first-order valence-electron chi connectivity index (χ1n) is 8.37. The van der Waals surface area contributed by atoms with Crippen molar-refractivity contribution in [1.82, 2.24) is 5.32 Å². The van der Waals surface area contributed by atoms with Crippen molar-refractivity contribution in [1.29, 1.82) is 0 Å². The Morgan fingerprint density at radius 3 is 2.80 bits per heavy atom. The van der Waals surface area contributed by atoms with Crippen molar-refractivity contribution in [3.05, 3.63) is 0 Å². The van der Waals surface area contributed by atoms with Crippen LogP contribution in [0, 0.1) is 17.3 Å². The molecule has 0 spiro atoms. The molecule has 2 aliphatic rings. The molecule has 3 unspecified atom stereocenters. The van der Waals surface area contributed by atoms with Crippen LogP contribution in [0.25, 0.3) is 0 Å². The summed E-state index contributed by atoms with van der Waals surface area (Å²) in [6.45, 7) is 11.5. The molecule has 1 N–H and O–H groups in total. The van der Waals surface area contributed by atoms with Gasteiger partial charge in [-0.3, -0.25) is 4.99 Å². The molecule has 20 heavy (non-hydrogen) atoms. The van der Waals surface area contributed by atoms with Gasteiger partial charge in [-0.05, 0) is 36.5 Å². The van der Waals surface area contributed by atoms with Crippen molar-refractivity contribution in [2.24, 2.45) is 22.2 Å². The van der Waals surface area contributed by atoms with E-state index in [4.69, 9.17) is 0 Å². The van der Waals surface area contributed by atoms with Crippen LogP contribution in [-0.2, 0) is 0 Å². The lowest BCUT2D eigenvalue weighted by atomic mass is 9.81. The molecule has 0 aromatic heterocycles. The molecule has 0 saturated heterocycles. The van der Waals surface area contributed by atoms with Gasteiger partial charge in [-0.2, -0.15) is 0 Å². The second-order valence-corrected chi connectivity index (χ2v) is 9.29. The van der Waals surface area contributed by atoms with E-state index in [1.165, 1.54) is 43.7 Å². The van der Waals surface area contributed by atoms with Crippen molar-refractivity contribution in [2.45, 2.75) is 71.5 Å². The van der Waals surface area contributed by atoms with Gasteiger partial charge in [0.15, 0.2) is 5.17 Å². The minimum Gasteiger partial charge on any atom is -0.365 e. The fourth-order valence-corrected chi connectivity index (χ4v) is 4.89. The summed E-state index contributed by atoms with van der Waals surface area (Å²) in [5, 5.41) is 5.46. The summed E-state index contributed by atoms with van der Waals surface area (Å²) in [6.07, 6.45) is 8.35. The normalized spacial score (nSPS) is 31.2. The van der Waals surface area contributed by atoms with Crippen molar-refractivity contribution in [3.63, 3.8) is 0 Å². The molecule has 0 aromatic carbocycles. The third-order valence-corrected chi connectivity index (χ3v) is 5.58. The van der Waals surface area contributed by atoms with Gasteiger partial charge < -0.3 is 5.32 Å². The molecule has 1 aliphatic carbocycles. The van der Waals surface area contributed by atoms with E-state index in [1.54, 1.807) is 0 Å². The lowest BCUT2D eigenvalue weighted by Gasteiger charge is -2.26. The second kappa shape index (κ2) is 7.20. The van der Waals surface area contributed by atoms with E-state index >= 15 is 0 Å². The number of amidine groups is 1. The van der Waals surface area contributed by atoms with E-state index in [0.717, 1.165) is 24.9 Å². The maximum absolute atomic E-state index is 4.67. The summed E-state index contributed by atoms with van der Waals surface area (Å²) < 4.78 is 0. The summed E-state index contributed by atoms with van der Waals surface area (Å²) >= 11 is 1.96. The molecule has 0 bridgehead atoms. The van der Waals surface area contributed by atoms with Gasteiger partial charge in [0.2, 0.25) is 0 Å². The summed E-state index contributed by atoms with van der Waals surface area (Å²) in [5.74, 6) is 1.90. The van der Waals surface area contributed by atoms with Crippen LogP contribution in [0.15, 0.2) is 4.99 Å². The number of hydrogen-bond donors (Lipinski definition) is 1. The second-order valence-electron chi connectivity index (χ2n) is 8.00. The summed E-state index contributed by atoms with van der Waals surface area (Å²) in [7, 11) is 0. The summed E-state index contributed by atoms with van der Waals surface area (Å²) in [6, 6.07) is 0. The van der Waals surface area contributed by atoms with Gasteiger partial charge in [0, 0.05) is 11.8 Å². The monoisotopic (exact) mass is 296 g/mol. The van der Waals surface area contributed by atoms with Gasteiger partial charge in [0.05, 0.1) is 6.54 Å². The Kier molecular flexibility index (Phi) is 5.83. The number of rotatable bonds is 4. The number of nitrogens with one attached hydrogen (secondary N) is 1. The van der Waals surface area contributed by atoms with Crippen molar-refractivity contribution >= 4 is 16.9 Å². The van der Waals surface area contributed by atoms with Crippen LogP contribution in [0.1, 0.15) is 66.2 Å². The zero-order valence-electron chi connectivity index (χ0n) is 13.7. The van der Waals surface area contributed by atoms with Gasteiger partial charge in [-0.15, -0.1) is 0 Å². The van der Waals surface area contributed by atoms with E-state index in [1.807, 2.05) is 11.8 Å². The van der Waals surface area contributed by atoms with Crippen LogP contribution in [0.2, 0.25) is 0 Å². The highest BCUT2D eigenvalue weighted by Gasteiger charge is 2.25. The van der Waals surface area contributed by atoms with Gasteiger partial charge in [0.1, 0.15) is 0 Å². The highest BCUT2D eigenvalue weighted by atomic mass is 32.2. The van der Waals surface area contributed by atoms with Gasteiger partial charge in [-0.1, -0.05) is 58.7 Å². The Balaban J connectivity index is 1.61. The zero-order valence-corrected chi connectivity index (χ0v) is 14.6. The molecule has 0 amide bonds. The molecule has 1 heterocycles. The fourth-order valence-electron chi connectivity index (χ4n) is 3.51. The van der Waals surface area contributed by atoms with E-state index in [2.05, 4.69) is 38.0 Å². The largest absolute Gasteiger partial charge is 0.365 e. The van der Waals surface area contributed by atoms with Crippen LogP contribution < -0.4 is 5.32 Å². The molecule has 3 atom stereocenters. The van der Waals surface area contributed by atoms with Gasteiger partial charge >= 0.3 is 0 Å². The van der Waals surface area contributed by atoms with Crippen LogP contribution in [0.4, 0.5) is 0 Å². The Bertz CT molecular complexity index is 332. The SMILES string of the molecule is CC1CCCC(CCNC2=NCC(CC(C)(C)C)S2)C1. The maximum atomic E-state index is 4.67. The number of aliphatic imine (C=N–C) groups is 1. The van der Waals surface area contributed by atoms with Crippen molar-refractivity contribution in [3.8, 4) is 0 Å². The van der Waals surface area contributed by atoms with Crippen molar-refractivity contribution < 1.29 is 0 Å². The molecule has 116 valence electrons. The Morgan fingerprint density at radius 2 is 2.10 bits per heavy atom. The first kappa shape index (κ1) is 16.2. The molecule has 1 aliphatic heterocycles. The zero-order chi connectivity index (χ0) is 14.6. The highest BCUT2D eigenvalue weighted by molar-refractivity contribution is 8.14. The predicted molar refractivity (Wildman–Crippen MR) is 91.5 cm³/mol. The molecular formula is C17H32N2S. The standard InChI is InChI=1S/C17H32N2S/c1-13-6-5-7-14(10-13)8-9-18-16-19-12-15(20-16)11-17(2,3)4/h13-15H,5-12H2,1-4H3,(H,18,19). The molecule has 3 heteroatoms. The Labute approximate surface area is 129 Å². The molecule has 2 rings (SSSR count). The Morgan fingerprint density at radius 1 is 1.30 bits per heavy atom. The first-order chi connectivity index (χ1) is 9.42. The minimum atomic E-state index is 0.418. The average molecular weight is 297 g/mol. The minimum absolute atomic E-state index is 0.418. The van der Waals surface area contributed by atoms with E-state index < -0.39 is 0 Å². The lowest BCUT2D eigenvalue weighted by molar-refractivity contribution is 0.270. The number of hydrogen-bond acceptors (Lipinski definition) is 3. The lowest BCUT2D eigenvalue weighted by Crippen LogP contribution is -2.25. The third kappa shape index (κ3) is 5.67. The maximum Gasteiger partial charge on any atom is 0.156 e. The number of nitrogens with zero attached hydrogens (tertiary/aromatic N) is 1. The molecule has 2 nitrogen and oxygen atoms in total. The molecule has 1 fully saturated rings.